The first kappa shape index (κ1) is 18.2. The molecule has 144 valence electrons. The highest BCUT2D eigenvalue weighted by atomic mass is 19.2. The van der Waals surface area contributed by atoms with Crippen LogP contribution >= 0.6 is 0 Å². The molecule has 0 fully saturated rings. The lowest BCUT2D eigenvalue weighted by atomic mass is 10.0. The van der Waals surface area contributed by atoms with Crippen molar-refractivity contribution in [1.29, 1.82) is 0 Å². The van der Waals surface area contributed by atoms with Gasteiger partial charge in [-0.15, -0.1) is 0 Å². The molecule has 0 unspecified atom stereocenters. The number of pyridine rings is 1. The Bertz CT molecular complexity index is 1150. The molecule has 1 N–H and O–H groups in total. The number of nitrogens with one attached hydrogen (secondary N) is 1. The van der Waals surface area contributed by atoms with E-state index in [1.54, 1.807) is 6.20 Å². The zero-order chi connectivity index (χ0) is 19.8. The van der Waals surface area contributed by atoms with Crippen molar-refractivity contribution < 1.29 is 13.3 Å². The second-order valence-corrected chi connectivity index (χ2v) is 6.82. The van der Waals surface area contributed by atoms with E-state index in [4.69, 9.17) is 9.51 Å². The number of aromatic amines is 1. The van der Waals surface area contributed by atoms with Crippen LogP contribution in [0.1, 0.15) is 18.9 Å². The Kier molecular flexibility index (Phi) is 4.58. The molecule has 0 aliphatic rings. The molecule has 4 rings (SSSR count). The number of aromatic nitrogens is 3. The number of aryl methyl sites for hydroxylation is 1. The summed E-state index contributed by atoms with van der Waals surface area (Å²) in [6, 6.07) is 6.06. The van der Waals surface area contributed by atoms with Crippen LogP contribution in [0.5, 0.6) is 0 Å². The summed E-state index contributed by atoms with van der Waals surface area (Å²) in [7, 11) is 2.01. The average molecular weight is 382 g/mol. The van der Waals surface area contributed by atoms with Gasteiger partial charge in [-0.05, 0) is 31.0 Å². The van der Waals surface area contributed by atoms with Crippen LogP contribution in [0.4, 0.5) is 14.6 Å². The molecule has 0 aliphatic heterocycles. The van der Waals surface area contributed by atoms with E-state index in [0.717, 1.165) is 35.8 Å². The van der Waals surface area contributed by atoms with Gasteiger partial charge in [-0.2, -0.15) is 0 Å². The van der Waals surface area contributed by atoms with Gasteiger partial charge in [-0.25, -0.2) is 13.8 Å². The van der Waals surface area contributed by atoms with Gasteiger partial charge < -0.3 is 14.4 Å². The van der Waals surface area contributed by atoms with Crippen molar-refractivity contribution in [3.8, 4) is 22.5 Å². The fraction of sp³-hybridized carbons (Fsp3) is 0.238. The highest BCUT2D eigenvalue weighted by Crippen LogP contribution is 2.38. The molecule has 0 spiro atoms. The standard InChI is InChI=1S/C21H20F2N4O/c1-4-8-27(3)21-12(2)9-14-15(10-24-20(14)26-21)19-16(11-25-28-19)13-6-5-7-17(22)18(13)23/h5-7,9-11H,4,8H2,1-3H3,(H,24,26). The van der Waals surface area contributed by atoms with Gasteiger partial charge in [0.05, 0.1) is 11.8 Å². The summed E-state index contributed by atoms with van der Waals surface area (Å²) < 4.78 is 33.4. The number of rotatable bonds is 5. The lowest BCUT2D eigenvalue weighted by Gasteiger charge is -2.19. The summed E-state index contributed by atoms with van der Waals surface area (Å²) in [5.74, 6) is -0.572. The van der Waals surface area contributed by atoms with Gasteiger partial charge in [0.1, 0.15) is 11.5 Å². The Balaban J connectivity index is 1.85. The maximum atomic E-state index is 14.3. The smallest absolute Gasteiger partial charge is 0.176 e. The second kappa shape index (κ2) is 7.07. The van der Waals surface area contributed by atoms with Gasteiger partial charge in [-0.3, -0.25) is 0 Å². The minimum absolute atomic E-state index is 0.106. The van der Waals surface area contributed by atoms with Crippen molar-refractivity contribution >= 4 is 16.9 Å². The largest absolute Gasteiger partial charge is 0.359 e. The lowest BCUT2D eigenvalue weighted by molar-refractivity contribution is 0.432. The maximum Gasteiger partial charge on any atom is 0.176 e. The summed E-state index contributed by atoms with van der Waals surface area (Å²) >= 11 is 0. The fourth-order valence-electron chi connectivity index (χ4n) is 3.49. The number of benzene rings is 1. The van der Waals surface area contributed by atoms with E-state index in [2.05, 4.69) is 22.0 Å². The Morgan fingerprint density at radius 1 is 1.18 bits per heavy atom. The van der Waals surface area contributed by atoms with Crippen LogP contribution in [0.3, 0.4) is 0 Å². The van der Waals surface area contributed by atoms with E-state index in [9.17, 15) is 8.78 Å². The van der Waals surface area contributed by atoms with Crippen LogP contribution in [0.25, 0.3) is 33.5 Å². The molecule has 0 amide bonds. The molecular weight excluding hydrogens is 362 g/mol. The molecule has 3 heterocycles. The van der Waals surface area contributed by atoms with Crippen LogP contribution in [0.15, 0.2) is 41.2 Å². The molecule has 0 aliphatic carbocycles. The highest BCUT2D eigenvalue weighted by Gasteiger charge is 2.21. The third-order valence-corrected chi connectivity index (χ3v) is 4.81. The molecule has 1 aromatic carbocycles. The van der Waals surface area contributed by atoms with Gasteiger partial charge in [-0.1, -0.05) is 24.2 Å². The number of hydrogen-bond donors (Lipinski definition) is 1. The zero-order valence-corrected chi connectivity index (χ0v) is 15.9. The Morgan fingerprint density at radius 3 is 2.79 bits per heavy atom. The molecule has 0 saturated carbocycles. The van der Waals surface area contributed by atoms with Gasteiger partial charge in [0.15, 0.2) is 17.4 Å². The van der Waals surface area contributed by atoms with Crippen molar-refractivity contribution in [2.24, 2.45) is 0 Å². The summed E-state index contributed by atoms with van der Waals surface area (Å²) in [4.78, 5) is 9.99. The van der Waals surface area contributed by atoms with E-state index < -0.39 is 11.6 Å². The minimum Gasteiger partial charge on any atom is -0.359 e. The minimum atomic E-state index is -0.926. The molecule has 4 aromatic rings. The van der Waals surface area contributed by atoms with Gasteiger partial charge in [0.25, 0.3) is 0 Å². The number of fused-ring (bicyclic) bond motifs is 1. The molecule has 3 aromatic heterocycles. The first-order chi connectivity index (χ1) is 13.5. The van der Waals surface area contributed by atoms with Crippen molar-refractivity contribution in [3.05, 3.63) is 53.9 Å². The van der Waals surface area contributed by atoms with E-state index in [0.29, 0.717) is 22.5 Å². The number of nitrogens with zero attached hydrogens (tertiary/aromatic N) is 3. The number of anilines is 1. The molecule has 7 heteroatoms. The monoisotopic (exact) mass is 382 g/mol. The molecule has 28 heavy (non-hydrogen) atoms. The molecule has 0 atom stereocenters. The first-order valence-electron chi connectivity index (χ1n) is 9.10. The average Bonchev–Trinajstić information content (AvgIpc) is 3.29. The predicted molar refractivity (Wildman–Crippen MR) is 105 cm³/mol. The highest BCUT2D eigenvalue weighted by molar-refractivity contribution is 5.97. The van der Waals surface area contributed by atoms with E-state index in [1.165, 1.54) is 18.3 Å². The van der Waals surface area contributed by atoms with Crippen molar-refractivity contribution in [2.75, 3.05) is 18.5 Å². The number of hydrogen-bond acceptors (Lipinski definition) is 4. The quantitative estimate of drug-likeness (QED) is 0.508. The zero-order valence-electron chi connectivity index (χ0n) is 15.9. The fourth-order valence-corrected chi connectivity index (χ4v) is 3.49. The van der Waals surface area contributed by atoms with Gasteiger partial charge in [0.2, 0.25) is 0 Å². The number of H-pyrrole nitrogens is 1. The van der Waals surface area contributed by atoms with Crippen molar-refractivity contribution in [2.45, 2.75) is 20.3 Å². The summed E-state index contributed by atoms with van der Waals surface area (Å²) in [6.07, 6.45) is 4.17. The van der Waals surface area contributed by atoms with E-state index in [-0.39, 0.29) is 5.56 Å². The maximum absolute atomic E-state index is 14.3. The van der Waals surface area contributed by atoms with E-state index in [1.807, 2.05) is 20.0 Å². The van der Waals surface area contributed by atoms with Gasteiger partial charge >= 0.3 is 0 Å². The van der Waals surface area contributed by atoms with Crippen LogP contribution in [-0.4, -0.2) is 28.7 Å². The van der Waals surface area contributed by atoms with Crippen molar-refractivity contribution in [1.82, 2.24) is 15.1 Å². The topological polar surface area (TPSA) is 58.0 Å². The Hall–Kier alpha value is -3.22. The van der Waals surface area contributed by atoms with Crippen LogP contribution in [0.2, 0.25) is 0 Å². The van der Waals surface area contributed by atoms with E-state index >= 15 is 0 Å². The molecule has 5 nitrogen and oxygen atoms in total. The molecule has 0 saturated heterocycles. The molecular formula is C21H20F2N4O. The SMILES string of the molecule is CCCN(C)c1nc2[nH]cc(-c3oncc3-c3cccc(F)c3F)c2cc1C. The third kappa shape index (κ3) is 2.93. The Morgan fingerprint density at radius 2 is 2.00 bits per heavy atom. The molecule has 0 radical (unpaired) electrons. The summed E-state index contributed by atoms with van der Waals surface area (Å²) in [5, 5.41) is 4.65. The summed E-state index contributed by atoms with van der Waals surface area (Å²) in [5.41, 5.74) is 2.91. The third-order valence-electron chi connectivity index (χ3n) is 4.81. The normalized spacial score (nSPS) is 11.3. The van der Waals surface area contributed by atoms with Crippen molar-refractivity contribution in [3.63, 3.8) is 0 Å². The Labute approximate surface area is 161 Å². The molecule has 0 bridgehead atoms. The van der Waals surface area contributed by atoms with Crippen LogP contribution in [-0.2, 0) is 0 Å². The van der Waals surface area contributed by atoms with Gasteiger partial charge in [0, 0.05) is 36.3 Å². The first-order valence-corrected chi connectivity index (χ1v) is 9.10. The lowest BCUT2D eigenvalue weighted by Crippen LogP contribution is -2.20. The van der Waals surface area contributed by atoms with Crippen LogP contribution in [0, 0.1) is 18.6 Å². The predicted octanol–water partition coefficient (Wildman–Crippen LogP) is 5.32. The number of halogens is 2. The summed E-state index contributed by atoms with van der Waals surface area (Å²) in [6.45, 7) is 5.02. The second-order valence-electron chi connectivity index (χ2n) is 6.82. The van der Waals surface area contributed by atoms with Crippen LogP contribution < -0.4 is 4.90 Å².